The van der Waals surface area contributed by atoms with E-state index in [1.165, 1.54) is 0 Å². The standard InChI is InChI=1S/C10H23N5O/c1-6-12-9(15-11)13-7(2)8(16)14-10(3,4)5/h7H,6,11H2,1-5H3,(H,14,16)(H2,12,13,15). The molecule has 0 aromatic carbocycles. The Morgan fingerprint density at radius 2 is 2.00 bits per heavy atom. The summed E-state index contributed by atoms with van der Waals surface area (Å²) in [7, 11) is 0. The molecule has 0 heterocycles. The number of hydrazine groups is 1. The van der Waals surface area contributed by atoms with Gasteiger partial charge in [-0.25, -0.2) is 5.84 Å². The minimum absolute atomic E-state index is 0.0912. The molecule has 0 aromatic rings. The maximum absolute atomic E-state index is 11.7. The number of carbonyl (C=O) groups is 1. The van der Waals surface area contributed by atoms with Gasteiger partial charge < -0.3 is 10.6 Å². The summed E-state index contributed by atoms with van der Waals surface area (Å²) in [6, 6.07) is -0.388. The number of amides is 1. The molecule has 0 rings (SSSR count). The number of hydrogen-bond donors (Lipinski definition) is 4. The number of nitrogens with one attached hydrogen (secondary N) is 3. The Labute approximate surface area is 97.0 Å². The summed E-state index contributed by atoms with van der Waals surface area (Å²) in [5, 5.41) is 5.76. The predicted molar refractivity (Wildman–Crippen MR) is 65.8 cm³/mol. The van der Waals surface area contributed by atoms with Crippen molar-refractivity contribution in [2.75, 3.05) is 6.54 Å². The number of guanidine groups is 1. The van der Waals surface area contributed by atoms with E-state index < -0.39 is 0 Å². The van der Waals surface area contributed by atoms with Gasteiger partial charge in [-0.3, -0.25) is 15.2 Å². The molecule has 16 heavy (non-hydrogen) atoms. The van der Waals surface area contributed by atoms with Crippen molar-refractivity contribution in [2.45, 2.75) is 46.2 Å². The molecule has 0 radical (unpaired) electrons. The lowest BCUT2D eigenvalue weighted by atomic mass is 10.1. The molecule has 0 bridgehead atoms. The van der Waals surface area contributed by atoms with Gasteiger partial charge in [0.15, 0.2) is 0 Å². The lowest BCUT2D eigenvalue weighted by molar-refractivity contribution is -0.123. The van der Waals surface area contributed by atoms with E-state index in [1.807, 2.05) is 27.7 Å². The summed E-state index contributed by atoms with van der Waals surface area (Å²) < 4.78 is 0. The van der Waals surface area contributed by atoms with Crippen LogP contribution in [0.3, 0.4) is 0 Å². The van der Waals surface area contributed by atoms with Crippen molar-refractivity contribution in [1.29, 1.82) is 0 Å². The second-order valence-corrected chi connectivity index (χ2v) is 4.57. The van der Waals surface area contributed by atoms with Crippen LogP contribution >= 0.6 is 0 Å². The molecule has 0 fully saturated rings. The largest absolute Gasteiger partial charge is 0.350 e. The van der Waals surface area contributed by atoms with E-state index in [1.54, 1.807) is 6.92 Å². The quantitative estimate of drug-likeness (QED) is 0.232. The first-order valence-corrected chi connectivity index (χ1v) is 5.39. The average Bonchev–Trinajstić information content (AvgIpc) is 2.14. The zero-order chi connectivity index (χ0) is 12.8. The molecule has 0 aliphatic rings. The Hall–Kier alpha value is -1.30. The van der Waals surface area contributed by atoms with Gasteiger partial charge in [-0.1, -0.05) is 0 Å². The molecule has 5 N–H and O–H groups in total. The van der Waals surface area contributed by atoms with Gasteiger partial charge in [0, 0.05) is 12.1 Å². The average molecular weight is 229 g/mol. The molecule has 1 amide bonds. The fourth-order valence-electron chi connectivity index (χ4n) is 1.04. The van der Waals surface area contributed by atoms with E-state index in [4.69, 9.17) is 5.84 Å². The molecule has 1 atom stereocenters. The number of carbonyl (C=O) groups excluding carboxylic acids is 1. The molecule has 6 nitrogen and oxygen atoms in total. The number of rotatable bonds is 3. The van der Waals surface area contributed by atoms with Crippen molar-refractivity contribution in [3.8, 4) is 0 Å². The highest BCUT2D eigenvalue weighted by atomic mass is 16.2. The Balaban J connectivity index is 4.29. The Bertz CT molecular complexity index is 256. The highest BCUT2D eigenvalue weighted by Gasteiger charge is 2.19. The molecule has 0 aliphatic heterocycles. The van der Waals surface area contributed by atoms with Crippen molar-refractivity contribution >= 4 is 11.9 Å². The number of nitrogens with two attached hydrogens (primary N) is 1. The van der Waals surface area contributed by atoms with Crippen LogP contribution in [-0.2, 0) is 4.79 Å². The second-order valence-electron chi connectivity index (χ2n) is 4.57. The lowest BCUT2D eigenvalue weighted by Gasteiger charge is -2.24. The third kappa shape index (κ3) is 6.23. The molecule has 0 spiro atoms. The maximum atomic E-state index is 11.7. The molecule has 6 heteroatoms. The topological polar surface area (TPSA) is 91.5 Å². The maximum Gasteiger partial charge on any atom is 0.242 e. The van der Waals surface area contributed by atoms with Crippen LogP contribution in [0.4, 0.5) is 0 Å². The van der Waals surface area contributed by atoms with Gasteiger partial charge in [0.2, 0.25) is 11.9 Å². The van der Waals surface area contributed by atoms with Gasteiger partial charge in [-0.05, 0) is 34.6 Å². The monoisotopic (exact) mass is 229 g/mol. The number of hydrogen-bond acceptors (Lipinski definition) is 3. The second kappa shape index (κ2) is 6.32. The third-order valence-electron chi connectivity index (χ3n) is 1.70. The Morgan fingerprint density at radius 3 is 2.38 bits per heavy atom. The van der Waals surface area contributed by atoms with Crippen LogP contribution in [0, 0.1) is 0 Å². The van der Waals surface area contributed by atoms with Gasteiger partial charge in [0.1, 0.15) is 6.04 Å². The highest BCUT2D eigenvalue weighted by molar-refractivity contribution is 5.88. The first kappa shape index (κ1) is 14.7. The summed E-state index contributed by atoms with van der Waals surface area (Å²) >= 11 is 0. The molecule has 0 saturated carbocycles. The smallest absolute Gasteiger partial charge is 0.242 e. The van der Waals surface area contributed by atoms with E-state index in [0.29, 0.717) is 12.5 Å². The van der Waals surface area contributed by atoms with Crippen molar-refractivity contribution in [2.24, 2.45) is 10.8 Å². The number of aliphatic imine (C=N–C) groups is 1. The van der Waals surface area contributed by atoms with E-state index in [2.05, 4.69) is 21.1 Å². The summed E-state index contributed by atoms with van der Waals surface area (Å²) in [5.74, 6) is 5.58. The zero-order valence-electron chi connectivity index (χ0n) is 10.7. The van der Waals surface area contributed by atoms with Gasteiger partial charge >= 0.3 is 0 Å². The number of nitrogens with zero attached hydrogens (tertiary/aromatic N) is 1. The first-order valence-electron chi connectivity index (χ1n) is 5.39. The SMILES string of the molecule is CCN=C(NN)NC(C)C(=O)NC(C)(C)C. The van der Waals surface area contributed by atoms with Gasteiger partial charge in [0.05, 0.1) is 0 Å². The van der Waals surface area contributed by atoms with Gasteiger partial charge in [-0.2, -0.15) is 0 Å². The van der Waals surface area contributed by atoms with Crippen LogP contribution in [0.1, 0.15) is 34.6 Å². The van der Waals surface area contributed by atoms with Crippen molar-refractivity contribution < 1.29 is 4.79 Å². The summed E-state index contributed by atoms with van der Waals surface area (Å²) in [5.41, 5.74) is 2.17. The van der Waals surface area contributed by atoms with Crippen LogP contribution in [0.25, 0.3) is 0 Å². The third-order valence-corrected chi connectivity index (χ3v) is 1.70. The molecule has 0 saturated heterocycles. The fraction of sp³-hybridized carbons (Fsp3) is 0.800. The molecular weight excluding hydrogens is 206 g/mol. The molecule has 0 aromatic heterocycles. The normalized spacial score (nSPS) is 14.2. The minimum Gasteiger partial charge on any atom is -0.350 e. The molecular formula is C10H23N5O. The summed E-state index contributed by atoms with van der Waals surface area (Å²) in [4.78, 5) is 15.8. The highest BCUT2D eigenvalue weighted by Crippen LogP contribution is 1.99. The zero-order valence-corrected chi connectivity index (χ0v) is 10.7. The lowest BCUT2D eigenvalue weighted by Crippen LogP contribution is -2.54. The summed E-state index contributed by atoms with van der Waals surface area (Å²) in [6.07, 6.45) is 0. The fourth-order valence-corrected chi connectivity index (χ4v) is 1.04. The van der Waals surface area contributed by atoms with Gasteiger partial charge in [0.25, 0.3) is 0 Å². The van der Waals surface area contributed by atoms with Crippen LogP contribution in [0.15, 0.2) is 4.99 Å². The van der Waals surface area contributed by atoms with E-state index in [0.717, 1.165) is 0 Å². The first-order chi connectivity index (χ1) is 7.30. The summed E-state index contributed by atoms with van der Waals surface area (Å²) in [6.45, 7) is 10.0. The predicted octanol–water partition coefficient (Wildman–Crippen LogP) is -0.282. The van der Waals surface area contributed by atoms with Crippen LogP contribution < -0.4 is 21.9 Å². The Morgan fingerprint density at radius 1 is 1.44 bits per heavy atom. The van der Waals surface area contributed by atoms with Crippen molar-refractivity contribution in [3.05, 3.63) is 0 Å². The van der Waals surface area contributed by atoms with Crippen LogP contribution in [0.2, 0.25) is 0 Å². The van der Waals surface area contributed by atoms with Gasteiger partial charge in [-0.15, -0.1) is 0 Å². The van der Waals surface area contributed by atoms with Crippen molar-refractivity contribution in [1.82, 2.24) is 16.1 Å². The Kier molecular flexibility index (Phi) is 5.81. The molecule has 94 valence electrons. The van der Waals surface area contributed by atoms with E-state index in [-0.39, 0.29) is 17.5 Å². The molecule has 0 aliphatic carbocycles. The van der Waals surface area contributed by atoms with Crippen LogP contribution in [-0.4, -0.2) is 30.0 Å². The minimum atomic E-state index is -0.388. The van der Waals surface area contributed by atoms with E-state index in [9.17, 15) is 4.79 Å². The van der Waals surface area contributed by atoms with E-state index >= 15 is 0 Å². The molecule has 1 unspecified atom stereocenters. The van der Waals surface area contributed by atoms with Crippen molar-refractivity contribution in [3.63, 3.8) is 0 Å². The van der Waals surface area contributed by atoms with Crippen LogP contribution in [0.5, 0.6) is 0 Å².